The molecular weight excluding hydrogens is 358 g/mol. The zero-order valence-electron chi connectivity index (χ0n) is 15.2. The molecule has 1 amide bonds. The number of ether oxygens (including phenoxy) is 2. The first kappa shape index (κ1) is 16.6. The van der Waals surface area contributed by atoms with Gasteiger partial charge >= 0.3 is 0 Å². The first-order valence-electron chi connectivity index (χ1n) is 9.17. The largest absolute Gasteiger partial charge is 0.454 e. The predicted octanol–water partition coefficient (Wildman–Crippen LogP) is 2.16. The van der Waals surface area contributed by atoms with E-state index in [2.05, 4.69) is 20.1 Å². The average Bonchev–Trinajstić information content (AvgIpc) is 3.43. The third-order valence-electron chi connectivity index (χ3n) is 5.05. The van der Waals surface area contributed by atoms with Crippen molar-refractivity contribution in [1.82, 2.24) is 20.1 Å². The number of aromatic amines is 1. The Bertz CT molecular complexity index is 996. The summed E-state index contributed by atoms with van der Waals surface area (Å²) in [6, 6.07) is 11.2. The lowest BCUT2D eigenvalue weighted by molar-refractivity contribution is 0.0746. The van der Waals surface area contributed by atoms with E-state index < -0.39 is 0 Å². The minimum atomic E-state index is 0.0102. The van der Waals surface area contributed by atoms with Crippen LogP contribution in [0.1, 0.15) is 10.4 Å². The highest BCUT2D eigenvalue weighted by atomic mass is 16.7. The topological polar surface area (TPSA) is 83.6 Å². The van der Waals surface area contributed by atoms with E-state index in [1.807, 2.05) is 23.1 Å². The van der Waals surface area contributed by atoms with Crippen molar-refractivity contribution in [2.75, 3.05) is 37.9 Å². The Morgan fingerprint density at radius 3 is 2.71 bits per heavy atom. The van der Waals surface area contributed by atoms with Crippen LogP contribution < -0.4 is 14.4 Å². The van der Waals surface area contributed by atoms with Crippen LogP contribution in [0.4, 0.5) is 5.82 Å². The molecule has 1 aromatic carbocycles. The molecule has 2 aliphatic heterocycles. The maximum atomic E-state index is 12.8. The number of fused-ring (bicyclic) bond motifs is 1. The number of anilines is 1. The van der Waals surface area contributed by atoms with Crippen molar-refractivity contribution in [2.45, 2.75) is 0 Å². The molecule has 8 heteroatoms. The Hall–Kier alpha value is -3.55. The fraction of sp³-hybridized carbons (Fsp3) is 0.250. The third-order valence-corrected chi connectivity index (χ3v) is 5.05. The maximum Gasteiger partial charge on any atom is 0.254 e. The Kier molecular flexibility index (Phi) is 4.08. The minimum Gasteiger partial charge on any atom is -0.454 e. The standard InChI is InChI=1S/C20H19N5O3/c26-20(14-3-4-17-18(10-14)28-13-27-17)25-8-6-24(7-9-25)19-11-16(22-23-19)15-2-1-5-21-12-15/h1-5,10-12H,6-9,13H2,(H,22,23). The summed E-state index contributed by atoms with van der Waals surface area (Å²) in [5.74, 6) is 2.21. The fourth-order valence-electron chi connectivity index (χ4n) is 3.49. The van der Waals surface area contributed by atoms with Crippen molar-refractivity contribution in [3.05, 3.63) is 54.4 Å². The summed E-state index contributed by atoms with van der Waals surface area (Å²) < 4.78 is 10.7. The molecule has 3 aromatic rings. The fourth-order valence-corrected chi connectivity index (χ4v) is 3.49. The quantitative estimate of drug-likeness (QED) is 0.753. The van der Waals surface area contributed by atoms with E-state index in [-0.39, 0.29) is 12.7 Å². The molecule has 0 aliphatic carbocycles. The van der Waals surface area contributed by atoms with E-state index in [1.54, 1.807) is 30.6 Å². The van der Waals surface area contributed by atoms with Crippen molar-refractivity contribution < 1.29 is 14.3 Å². The molecule has 0 bridgehead atoms. The lowest BCUT2D eigenvalue weighted by Gasteiger charge is -2.34. The van der Waals surface area contributed by atoms with Crippen LogP contribution >= 0.6 is 0 Å². The van der Waals surface area contributed by atoms with Crippen LogP contribution in [0.3, 0.4) is 0 Å². The van der Waals surface area contributed by atoms with Gasteiger partial charge in [0.05, 0.1) is 5.69 Å². The van der Waals surface area contributed by atoms with E-state index in [0.717, 1.165) is 30.2 Å². The van der Waals surface area contributed by atoms with Crippen molar-refractivity contribution in [3.8, 4) is 22.8 Å². The number of nitrogens with zero attached hydrogens (tertiary/aromatic N) is 4. The molecule has 5 rings (SSSR count). The summed E-state index contributed by atoms with van der Waals surface area (Å²) in [7, 11) is 0. The number of nitrogens with one attached hydrogen (secondary N) is 1. The molecule has 28 heavy (non-hydrogen) atoms. The number of benzene rings is 1. The van der Waals surface area contributed by atoms with E-state index in [4.69, 9.17) is 9.47 Å². The number of aromatic nitrogens is 3. The van der Waals surface area contributed by atoms with E-state index in [1.165, 1.54) is 0 Å². The zero-order chi connectivity index (χ0) is 18.9. The van der Waals surface area contributed by atoms with Crippen LogP contribution in [0.2, 0.25) is 0 Å². The molecule has 1 fully saturated rings. The number of H-pyrrole nitrogens is 1. The van der Waals surface area contributed by atoms with Crippen LogP contribution in [0.25, 0.3) is 11.3 Å². The molecule has 2 aliphatic rings. The molecule has 2 aromatic heterocycles. The number of carbonyl (C=O) groups is 1. The van der Waals surface area contributed by atoms with Gasteiger partial charge in [-0.05, 0) is 30.3 Å². The van der Waals surface area contributed by atoms with E-state index >= 15 is 0 Å². The van der Waals surface area contributed by atoms with Crippen molar-refractivity contribution in [2.24, 2.45) is 0 Å². The van der Waals surface area contributed by atoms with Crippen LogP contribution in [-0.4, -0.2) is 59.0 Å². The van der Waals surface area contributed by atoms with Crippen molar-refractivity contribution in [3.63, 3.8) is 0 Å². The molecule has 1 N–H and O–H groups in total. The van der Waals surface area contributed by atoms with Gasteiger partial charge in [-0.1, -0.05) is 0 Å². The number of amides is 1. The van der Waals surface area contributed by atoms with Crippen molar-refractivity contribution >= 4 is 11.7 Å². The van der Waals surface area contributed by atoms with Crippen LogP contribution in [0, 0.1) is 0 Å². The second kappa shape index (κ2) is 6.88. The Morgan fingerprint density at radius 1 is 1.04 bits per heavy atom. The Balaban J connectivity index is 1.24. The van der Waals surface area contributed by atoms with Gasteiger partial charge in [-0.15, -0.1) is 0 Å². The summed E-state index contributed by atoms with van der Waals surface area (Å²) in [6.07, 6.45) is 3.55. The number of rotatable bonds is 3. The summed E-state index contributed by atoms with van der Waals surface area (Å²) in [5, 5.41) is 7.49. The lowest BCUT2D eigenvalue weighted by atomic mass is 10.1. The number of pyridine rings is 1. The Labute approximate surface area is 161 Å². The molecule has 0 unspecified atom stereocenters. The smallest absolute Gasteiger partial charge is 0.254 e. The molecule has 0 radical (unpaired) electrons. The van der Waals surface area contributed by atoms with Crippen molar-refractivity contribution in [1.29, 1.82) is 0 Å². The average molecular weight is 377 g/mol. The first-order valence-corrected chi connectivity index (χ1v) is 9.17. The Morgan fingerprint density at radius 2 is 1.89 bits per heavy atom. The molecule has 1 saturated heterocycles. The summed E-state index contributed by atoms with van der Waals surface area (Å²) >= 11 is 0. The normalized spacial score (nSPS) is 15.7. The van der Waals surface area contributed by atoms with Crippen LogP contribution in [0.15, 0.2) is 48.8 Å². The highest BCUT2D eigenvalue weighted by Crippen LogP contribution is 2.33. The maximum absolute atomic E-state index is 12.8. The second-order valence-corrected chi connectivity index (χ2v) is 6.73. The number of hydrogen-bond acceptors (Lipinski definition) is 6. The van der Waals surface area contributed by atoms with E-state index in [0.29, 0.717) is 30.2 Å². The van der Waals surface area contributed by atoms with Gasteiger partial charge in [0.15, 0.2) is 17.3 Å². The van der Waals surface area contributed by atoms with Gasteiger partial charge in [-0.3, -0.25) is 14.9 Å². The number of hydrogen-bond donors (Lipinski definition) is 1. The number of piperazine rings is 1. The highest BCUT2D eigenvalue weighted by molar-refractivity contribution is 5.95. The van der Waals surface area contributed by atoms with Gasteiger partial charge in [0.1, 0.15) is 0 Å². The van der Waals surface area contributed by atoms with E-state index in [9.17, 15) is 4.79 Å². The van der Waals surface area contributed by atoms with Crippen LogP contribution in [-0.2, 0) is 0 Å². The minimum absolute atomic E-state index is 0.0102. The molecule has 0 spiro atoms. The lowest BCUT2D eigenvalue weighted by Crippen LogP contribution is -2.48. The molecular formula is C20H19N5O3. The summed E-state index contributed by atoms with van der Waals surface area (Å²) in [5.41, 5.74) is 2.55. The highest BCUT2D eigenvalue weighted by Gasteiger charge is 2.25. The number of carbonyl (C=O) groups excluding carboxylic acids is 1. The molecule has 142 valence electrons. The molecule has 4 heterocycles. The second-order valence-electron chi connectivity index (χ2n) is 6.73. The van der Waals surface area contributed by atoms with Gasteiger partial charge in [-0.25, -0.2) is 0 Å². The molecule has 0 atom stereocenters. The SMILES string of the molecule is O=C(c1ccc2c(c1)OCO2)N1CCN(c2cc(-c3cccnc3)[nH]n2)CC1. The summed E-state index contributed by atoms with van der Waals surface area (Å²) in [4.78, 5) is 21.0. The van der Waals surface area contributed by atoms with Crippen LogP contribution in [0.5, 0.6) is 11.5 Å². The third kappa shape index (κ3) is 3.02. The van der Waals surface area contributed by atoms with Gasteiger partial charge in [0, 0.05) is 55.8 Å². The first-order chi connectivity index (χ1) is 13.8. The van der Waals surface area contributed by atoms with Gasteiger partial charge < -0.3 is 19.3 Å². The molecule has 0 saturated carbocycles. The van der Waals surface area contributed by atoms with Gasteiger partial charge in [0.25, 0.3) is 5.91 Å². The molecule has 8 nitrogen and oxygen atoms in total. The monoisotopic (exact) mass is 377 g/mol. The zero-order valence-corrected chi connectivity index (χ0v) is 15.2. The van der Waals surface area contributed by atoms with Gasteiger partial charge in [-0.2, -0.15) is 5.10 Å². The predicted molar refractivity (Wildman–Crippen MR) is 103 cm³/mol. The summed E-state index contributed by atoms with van der Waals surface area (Å²) in [6.45, 7) is 2.95. The van der Waals surface area contributed by atoms with Gasteiger partial charge in [0.2, 0.25) is 6.79 Å².